The van der Waals surface area contributed by atoms with Crippen molar-refractivity contribution in [1.82, 2.24) is 0 Å². The third kappa shape index (κ3) is 4.92. The van der Waals surface area contributed by atoms with Crippen molar-refractivity contribution in [3.8, 4) is 0 Å². The van der Waals surface area contributed by atoms with Crippen LogP contribution in [-0.4, -0.2) is 11.8 Å². The van der Waals surface area contributed by atoms with Crippen molar-refractivity contribution < 1.29 is 14.7 Å². The van der Waals surface area contributed by atoms with Gasteiger partial charge in [0.15, 0.2) is 5.78 Å². The Kier molecular flexibility index (Phi) is 5.47. The second kappa shape index (κ2) is 7.54. The quantitative estimate of drug-likeness (QED) is 0.608. The Morgan fingerprint density at radius 2 is 1.52 bits per heavy atom. The zero-order valence-electron chi connectivity index (χ0n) is 13.3. The van der Waals surface area contributed by atoms with Crippen molar-refractivity contribution in [2.75, 3.05) is 0 Å². The highest BCUT2D eigenvalue weighted by molar-refractivity contribution is 6.06. The van der Waals surface area contributed by atoms with Gasteiger partial charge in [-0.05, 0) is 35.1 Å². The number of carboxylic acids is 1. The topological polar surface area (TPSA) is 57.2 Å². The summed E-state index contributed by atoms with van der Waals surface area (Å²) in [4.78, 5) is 22.8. The van der Waals surface area contributed by atoms with Crippen LogP contribution in [-0.2, 0) is 6.42 Å². The molecule has 0 aromatic heterocycles. The Hall–Kier alpha value is -2.68. The molecule has 0 unspecified atom stereocenters. The summed E-state index contributed by atoms with van der Waals surface area (Å²) in [6, 6.07) is 13.8. The first-order valence-electron chi connectivity index (χ1n) is 7.58. The summed E-state index contributed by atoms with van der Waals surface area (Å²) in [5, 5.41) is 10.7. The van der Waals surface area contributed by atoms with Gasteiger partial charge in [0, 0.05) is 5.56 Å². The monoisotopic (exact) mass is 307 g/mol. The molecule has 0 aliphatic rings. The van der Waals surface area contributed by atoms with Crippen LogP contribution in [0.3, 0.4) is 0 Å². The molecule has 0 heterocycles. The summed E-state index contributed by atoms with van der Waals surface area (Å²) < 4.78 is 0. The van der Waals surface area contributed by atoms with E-state index in [1.165, 1.54) is 23.8 Å². The summed E-state index contributed by atoms with van der Waals surface area (Å²) in [6.45, 7) is 4.32. The molecular weight excluding hydrogens is 288 g/mol. The number of hydrogen-bond acceptors (Lipinski definition) is 3. The van der Waals surface area contributed by atoms with Crippen LogP contribution in [0.25, 0.3) is 6.08 Å². The van der Waals surface area contributed by atoms with Crippen molar-refractivity contribution >= 4 is 17.8 Å². The molecule has 0 aliphatic carbocycles. The number of carbonyl (C=O) groups excluding carboxylic acids is 2. The van der Waals surface area contributed by atoms with E-state index in [4.69, 9.17) is 0 Å². The average molecular weight is 307 g/mol. The first kappa shape index (κ1) is 16.7. The molecule has 0 radical (unpaired) electrons. The summed E-state index contributed by atoms with van der Waals surface area (Å²) in [6.07, 6.45) is 4.16. The smallest absolute Gasteiger partial charge is 0.185 e. The van der Waals surface area contributed by atoms with Crippen molar-refractivity contribution in [3.05, 3.63) is 76.9 Å². The minimum atomic E-state index is -1.21. The molecule has 0 aliphatic heterocycles. The average Bonchev–Trinajstić information content (AvgIpc) is 2.53. The maximum Gasteiger partial charge on any atom is 0.185 e. The van der Waals surface area contributed by atoms with Crippen LogP contribution in [0.1, 0.15) is 45.7 Å². The van der Waals surface area contributed by atoms with E-state index in [0.717, 1.165) is 12.0 Å². The van der Waals surface area contributed by atoms with E-state index in [9.17, 15) is 14.7 Å². The molecule has 2 rings (SSSR count). The molecule has 0 fully saturated rings. The highest BCUT2D eigenvalue weighted by atomic mass is 16.4. The van der Waals surface area contributed by atoms with Gasteiger partial charge in [0.1, 0.15) is 0 Å². The predicted octanol–water partition coefficient (Wildman–Crippen LogP) is 3.14. The lowest BCUT2D eigenvalue weighted by molar-refractivity contribution is -0.255. The largest absolute Gasteiger partial charge is 0.545 e. The van der Waals surface area contributed by atoms with Crippen LogP contribution in [0.2, 0.25) is 0 Å². The molecule has 2 aromatic rings. The molecule has 0 N–H and O–H groups in total. The van der Waals surface area contributed by atoms with Gasteiger partial charge in [0.25, 0.3) is 0 Å². The van der Waals surface area contributed by atoms with E-state index >= 15 is 0 Å². The van der Waals surface area contributed by atoms with Crippen LogP contribution in [0.5, 0.6) is 0 Å². The van der Waals surface area contributed by atoms with Gasteiger partial charge >= 0.3 is 0 Å². The first-order valence-corrected chi connectivity index (χ1v) is 7.58. The Morgan fingerprint density at radius 1 is 0.957 bits per heavy atom. The Morgan fingerprint density at radius 3 is 2.04 bits per heavy atom. The van der Waals surface area contributed by atoms with E-state index in [-0.39, 0.29) is 11.3 Å². The zero-order valence-corrected chi connectivity index (χ0v) is 13.3. The Balaban J connectivity index is 2.04. The molecule has 0 atom stereocenters. The number of carboxylic acid groups (broad SMARTS) is 1. The molecule has 0 bridgehead atoms. The number of aromatic carboxylic acids is 1. The maximum atomic E-state index is 12.1. The number of hydrogen-bond donors (Lipinski definition) is 0. The summed E-state index contributed by atoms with van der Waals surface area (Å²) in [7, 11) is 0. The minimum Gasteiger partial charge on any atom is -0.545 e. The first-order chi connectivity index (χ1) is 11.0. The Labute approximate surface area is 136 Å². The van der Waals surface area contributed by atoms with Crippen LogP contribution in [0, 0.1) is 5.92 Å². The number of carbonyl (C=O) groups is 2. The van der Waals surface area contributed by atoms with Crippen LogP contribution in [0.4, 0.5) is 0 Å². The summed E-state index contributed by atoms with van der Waals surface area (Å²) in [5.74, 6) is -0.705. The molecule has 3 heteroatoms. The molecule has 0 saturated heterocycles. The fraction of sp³-hybridized carbons (Fsp3) is 0.200. The molecule has 2 aromatic carbocycles. The van der Waals surface area contributed by atoms with Gasteiger partial charge in [-0.25, -0.2) is 0 Å². The number of ketones is 1. The van der Waals surface area contributed by atoms with Gasteiger partial charge in [-0.1, -0.05) is 68.5 Å². The van der Waals surface area contributed by atoms with Crippen molar-refractivity contribution in [2.45, 2.75) is 20.3 Å². The van der Waals surface area contributed by atoms with E-state index in [0.29, 0.717) is 11.5 Å². The molecule has 3 nitrogen and oxygen atoms in total. The third-order valence-corrected chi connectivity index (χ3v) is 3.46. The van der Waals surface area contributed by atoms with E-state index in [1.54, 1.807) is 18.2 Å². The molecule has 118 valence electrons. The Bertz CT molecular complexity index is 708. The van der Waals surface area contributed by atoms with E-state index < -0.39 is 5.97 Å². The highest BCUT2D eigenvalue weighted by Crippen LogP contribution is 2.12. The highest BCUT2D eigenvalue weighted by Gasteiger charge is 2.03. The number of benzene rings is 2. The SMILES string of the molecule is CC(C)Cc1ccc(C(=O)/C=C/c2ccc(C(=O)[O-])cc2)cc1. The van der Waals surface area contributed by atoms with Gasteiger partial charge in [0.2, 0.25) is 0 Å². The van der Waals surface area contributed by atoms with Crippen LogP contribution < -0.4 is 5.11 Å². The maximum absolute atomic E-state index is 12.1. The summed E-state index contributed by atoms with van der Waals surface area (Å²) >= 11 is 0. The van der Waals surface area contributed by atoms with Gasteiger partial charge in [-0.2, -0.15) is 0 Å². The number of allylic oxidation sites excluding steroid dienone is 1. The lowest BCUT2D eigenvalue weighted by Gasteiger charge is -2.05. The molecule has 0 spiro atoms. The molecular formula is C20H19O3-. The van der Waals surface area contributed by atoms with Gasteiger partial charge in [-0.3, -0.25) is 4.79 Å². The minimum absolute atomic E-state index is 0.0786. The lowest BCUT2D eigenvalue weighted by atomic mass is 10.0. The van der Waals surface area contributed by atoms with Crippen molar-refractivity contribution in [1.29, 1.82) is 0 Å². The van der Waals surface area contributed by atoms with Crippen molar-refractivity contribution in [3.63, 3.8) is 0 Å². The van der Waals surface area contributed by atoms with Crippen molar-refractivity contribution in [2.24, 2.45) is 5.92 Å². The van der Waals surface area contributed by atoms with Gasteiger partial charge in [-0.15, -0.1) is 0 Å². The molecule has 0 amide bonds. The van der Waals surface area contributed by atoms with Crippen LogP contribution >= 0.6 is 0 Å². The fourth-order valence-corrected chi connectivity index (χ4v) is 2.27. The fourth-order valence-electron chi connectivity index (χ4n) is 2.27. The zero-order chi connectivity index (χ0) is 16.8. The normalized spacial score (nSPS) is 11.1. The van der Waals surface area contributed by atoms with Crippen LogP contribution in [0.15, 0.2) is 54.6 Å². The number of rotatable bonds is 6. The second-order valence-electron chi connectivity index (χ2n) is 5.90. The standard InChI is InChI=1S/C20H20O3/c1-14(2)13-16-5-8-17(9-6-16)19(21)12-7-15-3-10-18(11-4-15)20(22)23/h3-12,14H,13H2,1-2H3,(H,22,23)/p-1/b12-7+. The summed E-state index contributed by atoms with van der Waals surface area (Å²) in [5.41, 5.74) is 2.74. The van der Waals surface area contributed by atoms with Gasteiger partial charge < -0.3 is 9.90 Å². The molecule has 0 saturated carbocycles. The van der Waals surface area contributed by atoms with Gasteiger partial charge in [0.05, 0.1) is 5.97 Å². The van der Waals surface area contributed by atoms with E-state index in [1.807, 2.05) is 24.3 Å². The second-order valence-corrected chi connectivity index (χ2v) is 5.90. The third-order valence-electron chi connectivity index (χ3n) is 3.46. The lowest BCUT2D eigenvalue weighted by Crippen LogP contribution is -2.21. The predicted molar refractivity (Wildman–Crippen MR) is 89.1 cm³/mol. The molecule has 23 heavy (non-hydrogen) atoms. The van der Waals surface area contributed by atoms with E-state index in [2.05, 4.69) is 13.8 Å².